The first kappa shape index (κ1) is 23.1. The van der Waals surface area contributed by atoms with Gasteiger partial charge in [-0.05, 0) is 12.8 Å². The largest absolute Gasteiger partial charge is 0.391 e. The van der Waals surface area contributed by atoms with Crippen LogP contribution in [-0.4, -0.2) is 45.6 Å². The number of likely N-dealkylation sites (tertiary alicyclic amines) is 1. The minimum absolute atomic E-state index is 0.0179. The van der Waals surface area contributed by atoms with Crippen LogP contribution in [0, 0.1) is 12.8 Å². The van der Waals surface area contributed by atoms with Crippen molar-refractivity contribution in [3.63, 3.8) is 0 Å². The van der Waals surface area contributed by atoms with Gasteiger partial charge >= 0.3 is 0 Å². The molecule has 8 heteroatoms. The van der Waals surface area contributed by atoms with E-state index in [0.717, 1.165) is 16.8 Å². The second-order valence-corrected chi connectivity index (χ2v) is 9.59. The number of aliphatic hydroxyl groups excluding tert-OH is 1. The van der Waals surface area contributed by atoms with Crippen LogP contribution < -0.4 is 5.32 Å². The Balaban J connectivity index is 1.46. The number of aryl methyl sites for hydroxylation is 1. The summed E-state index contributed by atoms with van der Waals surface area (Å²) in [6.45, 7) is 6.00. The number of benzene rings is 2. The number of oxime groups is 1. The fourth-order valence-corrected chi connectivity index (χ4v) is 5.01. The van der Waals surface area contributed by atoms with Crippen molar-refractivity contribution in [3.05, 3.63) is 89.3 Å². The topological polar surface area (TPSA) is 100 Å². The average Bonchev–Trinajstić information content (AvgIpc) is 3.59. The smallest absolute Gasteiger partial charge is 0.260 e. The molecule has 3 aromatic rings. The van der Waals surface area contributed by atoms with Gasteiger partial charge in [-0.2, -0.15) is 0 Å². The molecule has 0 saturated carbocycles. The lowest BCUT2D eigenvalue weighted by molar-refractivity contribution is -0.134. The molecule has 3 atom stereocenters. The molecule has 3 heterocycles. The second-order valence-electron chi connectivity index (χ2n) is 9.59. The van der Waals surface area contributed by atoms with Crippen molar-refractivity contribution in [2.45, 2.75) is 51.0 Å². The maximum Gasteiger partial charge on any atom is 0.260 e. The SMILES string of the molecule is Cc1cc([C@H](C(=O)N2C[C@H](O)C[C@H]2C2=NOC(c3ccccc3)(c3ccccc3)N2)C(C)C)on1. The number of carbonyl (C=O) groups excluding carboxylic acids is 1. The fourth-order valence-electron chi connectivity index (χ4n) is 5.01. The van der Waals surface area contributed by atoms with Crippen molar-refractivity contribution >= 4 is 11.7 Å². The molecule has 0 spiro atoms. The Hall–Kier alpha value is -3.65. The van der Waals surface area contributed by atoms with E-state index in [1.807, 2.05) is 81.4 Å². The zero-order chi connectivity index (χ0) is 24.6. The summed E-state index contributed by atoms with van der Waals surface area (Å²) in [5.74, 6) is 0.386. The summed E-state index contributed by atoms with van der Waals surface area (Å²) in [6, 6.07) is 20.9. The average molecular weight is 475 g/mol. The lowest BCUT2D eigenvalue weighted by Gasteiger charge is -2.31. The molecule has 8 nitrogen and oxygen atoms in total. The number of rotatable bonds is 6. The van der Waals surface area contributed by atoms with E-state index in [4.69, 9.17) is 9.36 Å². The molecule has 2 aliphatic rings. The van der Waals surface area contributed by atoms with Gasteiger partial charge in [0.1, 0.15) is 11.7 Å². The molecule has 182 valence electrons. The third-order valence-electron chi connectivity index (χ3n) is 6.71. The van der Waals surface area contributed by atoms with Gasteiger partial charge < -0.3 is 24.7 Å². The van der Waals surface area contributed by atoms with E-state index in [2.05, 4.69) is 15.6 Å². The maximum absolute atomic E-state index is 13.8. The third-order valence-corrected chi connectivity index (χ3v) is 6.71. The number of carbonyl (C=O) groups is 1. The Kier molecular flexibility index (Phi) is 6.06. The van der Waals surface area contributed by atoms with Gasteiger partial charge in [-0.15, -0.1) is 0 Å². The molecule has 1 aromatic heterocycles. The van der Waals surface area contributed by atoms with Crippen LogP contribution in [0.5, 0.6) is 0 Å². The van der Waals surface area contributed by atoms with Crippen LogP contribution >= 0.6 is 0 Å². The number of amidine groups is 1. The van der Waals surface area contributed by atoms with E-state index in [-0.39, 0.29) is 18.4 Å². The van der Waals surface area contributed by atoms with E-state index >= 15 is 0 Å². The zero-order valence-electron chi connectivity index (χ0n) is 20.1. The molecule has 5 rings (SSSR count). The Morgan fingerprint density at radius 2 is 1.74 bits per heavy atom. The van der Waals surface area contributed by atoms with Crippen LogP contribution in [0.15, 0.2) is 76.4 Å². The first-order valence-electron chi connectivity index (χ1n) is 12.0. The number of nitrogens with one attached hydrogen (secondary N) is 1. The minimum Gasteiger partial charge on any atom is -0.391 e. The molecule has 2 aromatic carbocycles. The molecular weight excluding hydrogens is 444 g/mol. The van der Waals surface area contributed by atoms with Crippen LogP contribution in [0.4, 0.5) is 0 Å². The number of nitrogens with zero attached hydrogens (tertiary/aromatic N) is 3. The predicted octanol–water partition coefficient (Wildman–Crippen LogP) is 3.52. The lowest BCUT2D eigenvalue weighted by atomic mass is 9.91. The van der Waals surface area contributed by atoms with Crippen LogP contribution in [-0.2, 0) is 15.4 Å². The zero-order valence-corrected chi connectivity index (χ0v) is 20.1. The van der Waals surface area contributed by atoms with Crippen molar-refractivity contribution < 1.29 is 19.3 Å². The number of hydrogen-bond donors (Lipinski definition) is 2. The predicted molar refractivity (Wildman–Crippen MR) is 130 cm³/mol. The minimum atomic E-state index is -1.03. The van der Waals surface area contributed by atoms with Crippen molar-refractivity contribution in [2.75, 3.05) is 6.54 Å². The molecule has 2 aliphatic heterocycles. The van der Waals surface area contributed by atoms with Gasteiger partial charge in [0.2, 0.25) is 5.91 Å². The number of β-amino-alcohol motifs (C(OH)–C–C–N with tert-alkyl or cyclic N) is 1. The third kappa shape index (κ3) is 4.18. The van der Waals surface area contributed by atoms with Gasteiger partial charge in [-0.25, -0.2) is 0 Å². The van der Waals surface area contributed by atoms with E-state index in [0.29, 0.717) is 18.0 Å². The monoisotopic (exact) mass is 474 g/mol. The highest BCUT2D eigenvalue weighted by Crippen LogP contribution is 2.37. The van der Waals surface area contributed by atoms with Crippen LogP contribution in [0.1, 0.15) is 48.8 Å². The molecule has 2 N–H and O–H groups in total. The summed E-state index contributed by atoms with van der Waals surface area (Å²) in [7, 11) is 0. The van der Waals surface area contributed by atoms with Gasteiger partial charge in [0, 0.05) is 30.2 Å². The number of aliphatic hydroxyl groups is 1. The molecule has 1 saturated heterocycles. The molecule has 0 unspecified atom stereocenters. The second kappa shape index (κ2) is 9.19. The summed E-state index contributed by atoms with van der Waals surface area (Å²) in [6.07, 6.45) is -0.304. The number of aromatic nitrogens is 1. The fraction of sp³-hybridized carbons (Fsp3) is 0.370. The Morgan fingerprint density at radius 3 is 2.29 bits per heavy atom. The van der Waals surface area contributed by atoms with Gasteiger partial charge in [0.05, 0.1) is 17.8 Å². The standard InChI is InChI=1S/C27H30N4O4/c1-17(2)24(23-14-18(3)29-34-23)26(33)31-16-21(32)15-22(31)25-28-27(35-30-25,19-10-6-4-7-11-19)20-12-8-5-9-13-20/h4-14,17,21-22,24,32H,15-16H2,1-3H3,(H,28,30)/t21-,22+,24-/m1/s1. The normalized spacial score (nSPS) is 22.0. The van der Waals surface area contributed by atoms with Gasteiger partial charge in [-0.3, -0.25) is 4.79 Å². The summed E-state index contributed by atoms with van der Waals surface area (Å²) >= 11 is 0. The highest BCUT2D eigenvalue weighted by atomic mass is 16.7. The maximum atomic E-state index is 13.8. The molecule has 0 radical (unpaired) electrons. The summed E-state index contributed by atoms with van der Waals surface area (Å²) in [4.78, 5) is 21.6. The van der Waals surface area contributed by atoms with Crippen molar-refractivity contribution in [3.8, 4) is 0 Å². The van der Waals surface area contributed by atoms with Crippen molar-refractivity contribution in [2.24, 2.45) is 11.1 Å². The van der Waals surface area contributed by atoms with E-state index < -0.39 is 23.8 Å². The molecule has 1 fully saturated rings. The number of hydrogen-bond acceptors (Lipinski definition) is 7. The quantitative estimate of drug-likeness (QED) is 0.567. The molecule has 35 heavy (non-hydrogen) atoms. The summed E-state index contributed by atoms with van der Waals surface area (Å²) in [5.41, 5.74) is 1.47. The summed E-state index contributed by atoms with van der Waals surface area (Å²) in [5, 5.41) is 22.5. The first-order valence-corrected chi connectivity index (χ1v) is 12.0. The lowest BCUT2D eigenvalue weighted by Crippen LogP contribution is -2.51. The van der Waals surface area contributed by atoms with Crippen molar-refractivity contribution in [1.82, 2.24) is 15.4 Å². The highest BCUT2D eigenvalue weighted by Gasteiger charge is 2.49. The Labute approximate surface area is 204 Å². The van der Waals surface area contributed by atoms with E-state index in [1.54, 1.807) is 11.0 Å². The van der Waals surface area contributed by atoms with Crippen LogP contribution in [0.2, 0.25) is 0 Å². The summed E-state index contributed by atoms with van der Waals surface area (Å²) < 4.78 is 5.47. The Morgan fingerprint density at radius 1 is 1.11 bits per heavy atom. The molecule has 1 amide bonds. The number of amides is 1. The van der Waals surface area contributed by atoms with Gasteiger partial charge in [0.25, 0.3) is 5.72 Å². The van der Waals surface area contributed by atoms with Crippen LogP contribution in [0.3, 0.4) is 0 Å². The first-order chi connectivity index (χ1) is 16.9. The van der Waals surface area contributed by atoms with E-state index in [9.17, 15) is 9.90 Å². The molecule has 0 aliphatic carbocycles. The van der Waals surface area contributed by atoms with E-state index in [1.165, 1.54) is 0 Å². The van der Waals surface area contributed by atoms with Crippen molar-refractivity contribution in [1.29, 1.82) is 0 Å². The highest BCUT2D eigenvalue weighted by molar-refractivity contribution is 5.95. The molecule has 0 bridgehead atoms. The van der Waals surface area contributed by atoms with Crippen LogP contribution in [0.25, 0.3) is 0 Å². The Bertz CT molecular complexity index is 1170. The van der Waals surface area contributed by atoms with Gasteiger partial charge in [0.15, 0.2) is 5.84 Å². The van der Waals surface area contributed by atoms with Gasteiger partial charge in [-0.1, -0.05) is 84.8 Å². The molecular formula is C27H30N4O4.